The third-order valence-corrected chi connectivity index (χ3v) is 3.87. The Morgan fingerprint density at radius 3 is 2.70 bits per heavy atom. The van der Waals surface area contributed by atoms with Crippen LogP contribution in [0.5, 0.6) is 0 Å². The molecule has 1 aliphatic heterocycles. The van der Waals surface area contributed by atoms with Gasteiger partial charge in [-0.2, -0.15) is 0 Å². The molecule has 6 heteroatoms. The van der Waals surface area contributed by atoms with Crippen molar-refractivity contribution in [3.63, 3.8) is 0 Å². The van der Waals surface area contributed by atoms with Crippen molar-refractivity contribution in [1.29, 1.82) is 0 Å². The van der Waals surface area contributed by atoms with Gasteiger partial charge >= 0.3 is 0 Å². The Balaban J connectivity index is 0.000000704. The van der Waals surface area contributed by atoms with Gasteiger partial charge in [0, 0.05) is 23.4 Å². The van der Waals surface area contributed by atoms with Crippen molar-refractivity contribution in [2.24, 2.45) is 28.2 Å². The number of rotatable bonds is 1. The molecule has 2 aliphatic rings. The molecule has 1 fully saturated rings. The van der Waals surface area contributed by atoms with Crippen molar-refractivity contribution in [3.8, 4) is 0 Å². The molecule has 1 aromatic heterocycles. The number of nitrogens with zero attached hydrogens (tertiary/aromatic N) is 2. The number of H-pyrrole nitrogens is 1. The van der Waals surface area contributed by atoms with Gasteiger partial charge in [0.05, 0.1) is 5.70 Å². The molecule has 0 atom stereocenters. The third kappa shape index (κ3) is 2.71. The summed E-state index contributed by atoms with van der Waals surface area (Å²) in [7, 11) is 1.50. The fourth-order valence-corrected chi connectivity index (χ4v) is 2.89. The largest absolute Gasteiger partial charge is 0.400 e. The maximum Gasteiger partial charge on any atom is 0.141 e. The average Bonchev–Trinajstić information content (AvgIpc) is 2.98. The molecule has 1 aromatic rings. The molecular formula is C14H24N6. The molecule has 0 unspecified atom stereocenters. The molecule has 0 spiro atoms. The first-order chi connectivity index (χ1) is 9.77. The van der Waals surface area contributed by atoms with Gasteiger partial charge in [-0.05, 0) is 26.0 Å². The van der Waals surface area contributed by atoms with Crippen molar-refractivity contribution in [2.75, 3.05) is 7.05 Å². The Labute approximate surface area is 119 Å². The van der Waals surface area contributed by atoms with E-state index in [1.54, 1.807) is 11.3 Å². The van der Waals surface area contributed by atoms with E-state index in [1.165, 1.54) is 39.2 Å². The standard InChI is InChI=1S/C13H19N5.CH5N/c14-11(9-4-2-1-3-5-9)12-10-6-7-16-13(10)17-8-18(12)15;1-2/h6-9,16H,1-5,14-15H2;2H2,1H3/b12-11-;. The van der Waals surface area contributed by atoms with Crippen LogP contribution in [0.2, 0.25) is 0 Å². The maximum atomic E-state index is 6.37. The molecule has 0 aromatic carbocycles. The number of fused-ring (bicyclic) bond motifs is 1. The smallest absolute Gasteiger partial charge is 0.141 e. The summed E-state index contributed by atoms with van der Waals surface area (Å²) in [5.41, 5.74) is 13.7. The Kier molecular flexibility index (Phi) is 4.81. The lowest BCUT2D eigenvalue weighted by atomic mass is 9.85. The van der Waals surface area contributed by atoms with Crippen LogP contribution in [0.1, 0.15) is 37.7 Å². The first-order valence-electron chi connectivity index (χ1n) is 7.10. The SMILES string of the molecule is CN.N/C(=C1/c2cc[nH]c2N=CN1N)C1CCCCC1. The highest BCUT2D eigenvalue weighted by atomic mass is 15.4. The van der Waals surface area contributed by atoms with Gasteiger partial charge in [0.15, 0.2) is 0 Å². The van der Waals surface area contributed by atoms with Crippen molar-refractivity contribution >= 4 is 17.9 Å². The number of nitrogens with two attached hydrogens (primary N) is 3. The van der Waals surface area contributed by atoms with E-state index in [0.29, 0.717) is 5.92 Å². The van der Waals surface area contributed by atoms with Gasteiger partial charge in [-0.1, -0.05) is 19.3 Å². The van der Waals surface area contributed by atoms with E-state index in [1.807, 2.05) is 12.3 Å². The minimum Gasteiger partial charge on any atom is -0.400 e. The summed E-state index contributed by atoms with van der Waals surface area (Å²) in [4.78, 5) is 7.34. The van der Waals surface area contributed by atoms with Gasteiger partial charge in [0.2, 0.25) is 0 Å². The summed E-state index contributed by atoms with van der Waals surface area (Å²) in [6.45, 7) is 0. The second-order valence-corrected chi connectivity index (χ2v) is 5.03. The highest BCUT2D eigenvalue weighted by Gasteiger charge is 2.25. The zero-order chi connectivity index (χ0) is 14.5. The van der Waals surface area contributed by atoms with E-state index < -0.39 is 0 Å². The second-order valence-electron chi connectivity index (χ2n) is 5.03. The van der Waals surface area contributed by atoms with E-state index in [4.69, 9.17) is 11.6 Å². The van der Waals surface area contributed by atoms with Gasteiger partial charge < -0.3 is 16.5 Å². The van der Waals surface area contributed by atoms with Crippen LogP contribution in [0.4, 0.5) is 5.82 Å². The maximum absolute atomic E-state index is 6.37. The number of hydrazine groups is 1. The molecule has 2 heterocycles. The van der Waals surface area contributed by atoms with Crippen LogP contribution in [0.3, 0.4) is 0 Å². The highest BCUT2D eigenvalue weighted by molar-refractivity contribution is 5.86. The van der Waals surface area contributed by atoms with E-state index in [0.717, 1.165) is 22.8 Å². The summed E-state index contributed by atoms with van der Waals surface area (Å²) < 4.78 is 0. The number of nitrogens with one attached hydrogen (secondary N) is 1. The minimum atomic E-state index is 0.453. The van der Waals surface area contributed by atoms with Gasteiger partial charge in [-0.15, -0.1) is 0 Å². The fraction of sp³-hybridized carbons (Fsp3) is 0.500. The van der Waals surface area contributed by atoms with Crippen LogP contribution in [0.15, 0.2) is 23.0 Å². The van der Waals surface area contributed by atoms with Crippen LogP contribution in [0.25, 0.3) is 5.70 Å². The van der Waals surface area contributed by atoms with E-state index in [-0.39, 0.29) is 0 Å². The van der Waals surface area contributed by atoms with Crippen LogP contribution in [-0.4, -0.2) is 23.4 Å². The van der Waals surface area contributed by atoms with E-state index >= 15 is 0 Å². The lowest BCUT2D eigenvalue weighted by Gasteiger charge is -2.28. The third-order valence-electron chi connectivity index (χ3n) is 3.87. The minimum absolute atomic E-state index is 0.453. The molecule has 7 N–H and O–H groups in total. The van der Waals surface area contributed by atoms with Crippen LogP contribution < -0.4 is 17.3 Å². The number of aromatic nitrogens is 1. The number of hydrogen-bond acceptors (Lipinski definition) is 5. The second kappa shape index (κ2) is 6.58. The Morgan fingerprint density at radius 2 is 2.00 bits per heavy atom. The molecule has 3 rings (SSSR count). The van der Waals surface area contributed by atoms with Crippen molar-refractivity contribution in [1.82, 2.24) is 9.99 Å². The van der Waals surface area contributed by atoms with Crippen LogP contribution >= 0.6 is 0 Å². The molecule has 20 heavy (non-hydrogen) atoms. The van der Waals surface area contributed by atoms with Crippen molar-refractivity contribution in [3.05, 3.63) is 23.5 Å². The molecule has 1 saturated carbocycles. The molecular weight excluding hydrogens is 252 g/mol. The molecule has 110 valence electrons. The molecule has 0 radical (unpaired) electrons. The first-order valence-corrected chi connectivity index (χ1v) is 7.10. The molecule has 0 amide bonds. The highest BCUT2D eigenvalue weighted by Crippen LogP contribution is 2.36. The zero-order valence-electron chi connectivity index (χ0n) is 12.0. The van der Waals surface area contributed by atoms with Crippen LogP contribution in [0, 0.1) is 5.92 Å². The summed E-state index contributed by atoms with van der Waals surface area (Å²) >= 11 is 0. The molecule has 0 saturated heterocycles. The summed E-state index contributed by atoms with van der Waals surface area (Å²) in [5, 5.41) is 1.54. The molecule has 1 aliphatic carbocycles. The number of hydrogen-bond donors (Lipinski definition) is 4. The average molecular weight is 276 g/mol. The summed E-state index contributed by atoms with van der Waals surface area (Å²) in [6.07, 6.45) is 9.66. The lowest BCUT2D eigenvalue weighted by molar-refractivity contribution is 0.397. The topological polar surface area (TPSA) is 109 Å². The lowest BCUT2D eigenvalue weighted by Crippen LogP contribution is -2.33. The zero-order valence-corrected chi connectivity index (χ0v) is 12.0. The molecule has 6 nitrogen and oxygen atoms in total. The summed E-state index contributed by atoms with van der Waals surface area (Å²) in [5.74, 6) is 7.28. The van der Waals surface area contributed by atoms with Gasteiger partial charge in [-0.25, -0.2) is 10.8 Å². The van der Waals surface area contributed by atoms with Gasteiger partial charge in [-0.3, -0.25) is 5.01 Å². The monoisotopic (exact) mass is 276 g/mol. The number of aromatic amines is 1. The van der Waals surface area contributed by atoms with E-state index in [2.05, 4.69) is 15.7 Å². The van der Waals surface area contributed by atoms with Gasteiger partial charge in [0.25, 0.3) is 0 Å². The number of allylic oxidation sites excluding steroid dienone is 1. The Morgan fingerprint density at radius 1 is 1.30 bits per heavy atom. The van der Waals surface area contributed by atoms with E-state index in [9.17, 15) is 0 Å². The normalized spacial score (nSPS) is 21.1. The predicted octanol–water partition coefficient (Wildman–Crippen LogP) is 1.65. The van der Waals surface area contributed by atoms with Crippen LogP contribution in [-0.2, 0) is 0 Å². The quantitative estimate of drug-likeness (QED) is 0.584. The first kappa shape index (κ1) is 14.6. The summed E-state index contributed by atoms with van der Waals surface area (Å²) in [6, 6.07) is 1.98. The van der Waals surface area contributed by atoms with Crippen molar-refractivity contribution in [2.45, 2.75) is 32.1 Å². The predicted molar refractivity (Wildman–Crippen MR) is 82.8 cm³/mol. The van der Waals surface area contributed by atoms with Gasteiger partial charge in [0.1, 0.15) is 12.2 Å². The molecule has 0 bridgehead atoms. The fourth-order valence-electron chi connectivity index (χ4n) is 2.89. The Hall–Kier alpha value is -1.79. The number of aliphatic imine (C=N–C) groups is 1. The van der Waals surface area contributed by atoms with Crippen molar-refractivity contribution < 1.29 is 0 Å². The Bertz CT molecular complexity index is 496.